The zero-order valence-electron chi connectivity index (χ0n) is 10.2. The van der Waals surface area contributed by atoms with Crippen LogP contribution in [-0.4, -0.2) is 44.6 Å². The van der Waals surface area contributed by atoms with E-state index in [-0.39, 0.29) is 13.0 Å². The van der Waals surface area contributed by atoms with Gasteiger partial charge in [-0.05, 0) is 6.92 Å². The van der Waals surface area contributed by atoms with E-state index in [1.807, 2.05) is 0 Å². The molecule has 0 aliphatic carbocycles. The van der Waals surface area contributed by atoms with Crippen LogP contribution in [0, 0.1) is 6.92 Å². The van der Waals surface area contributed by atoms with Gasteiger partial charge in [0.05, 0.1) is 11.4 Å². The smallest absolute Gasteiger partial charge is 0.326 e. The number of aliphatic hydroxyl groups excluding tert-OH is 1. The molecule has 1 aromatic heterocycles. The van der Waals surface area contributed by atoms with Crippen molar-refractivity contribution in [1.82, 2.24) is 15.1 Å². The monoisotopic (exact) mass is 256 g/mol. The van der Waals surface area contributed by atoms with Crippen LogP contribution in [0.5, 0.6) is 0 Å². The third-order valence-electron chi connectivity index (χ3n) is 2.28. The standard InChI is InChI=1S/C10H16N4O4/c1-6-8(5-14(2)13-6)12-10(18)11-7(3-4-15)9(16)17/h5,7,15H,3-4H2,1-2H3,(H,16,17)(H2,11,12,18)/t7-/m1/s1. The lowest BCUT2D eigenvalue weighted by Gasteiger charge is -2.13. The number of carbonyl (C=O) groups is 2. The van der Waals surface area contributed by atoms with E-state index in [9.17, 15) is 9.59 Å². The average Bonchev–Trinajstić information content (AvgIpc) is 2.56. The molecule has 0 radical (unpaired) electrons. The summed E-state index contributed by atoms with van der Waals surface area (Å²) in [5.41, 5.74) is 1.13. The number of carboxylic acid groups (broad SMARTS) is 1. The van der Waals surface area contributed by atoms with Gasteiger partial charge in [0.15, 0.2) is 0 Å². The second kappa shape index (κ2) is 6.01. The van der Waals surface area contributed by atoms with Crippen LogP contribution in [0.2, 0.25) is 0 Å². The number of aryl methyl sites for hydroxylation is 2. The van der Waals surface area contributed by atoms with E-state index in [1.54, 1.807) is 20.2 Å². The number of carboxylic acids is 1. The van der Waals surface area contributed by atoms with E-state index in [0.717, 1.165) is 0 Å². The second-order valence-corrected chi connectivity index (χ2v) is 3.80. The lowest BCUT2D eigenvalue weighted by Crippen LogP contribution is -2.43. The Morgan fingerprint density at radius 2 is 2.22 bits per heavy atom. The first-order chi connectivity index (χ1) is 8.43. The highest BCUT2D eigenvalue weighted by atomic mass is 16.4. The number of nitrogens with zero attached hydrogens (tertiary/aromatic N) is 2. The Kier molecular flexibility index (Phi) is 4.67. The minimum absolute atomic E-state index is 0.0469. The van der Waals surface area contributed by atoms with Gasteiger partial charge in [0.1, 0.15) is 6.04 Å². The van der Waals surface area contributed by atoms with Crippen molar-refractivity contribution < 1.29 is 19.8 Å². The Labute approximate surface area is 104 Å². The molecule has 0 saturated heterocycles. The molecule has 0 fully saturated rings. The van der Waals surface area contributed by atoms with Crippen LogP contribution in [-0.2, 0) is 11.8 Å². The Morgan fingerprint density at radius 3 is 2.67 bits per heavy atom. The zero-order chi connectivity index (χ0) is 13.7. The van der Waals surface area contributed by atoms with Crippen molar-refractivity contribution in [2.24, 2.45) is 7.05 Å². The summed E-state index contributed by atoms with van der Waals surface area (Å²) >= 11 is 0. The minimum Gasteiger partial charge on any atom is -0.480 e. The summed E-state index contributed by atoms with van der Waals surface area (Å²) in [6, 6.07) is -1.76. The molecule has 0 saturated carbocycles. The number of aromatic nitrogens is 2. The molecule has 0 aromatic carbocycles. The Balaban J connectivity index is 2.60. The lowest BCUT2D eigenvalue weighted by molar-refractivity contribution is -0.139. The van der Waals surface area contributed by atoms with Crippen molar-refractivity contribution in [3.8, 4) is 0 Å². The van der Waals surface area contributed by atoms with Gasteiger partial charge in [0.2, 0.25) is 0 Å². The van der Waals surface area contributed by atoms with Crippen LogP contribution < -0.4 is 10.6 Å². The van der Waals surface area contributed by atoms with Crippen molar-refractivity contribution >= 4 is 17.7 Å². The number of anilines is 1. The maximum Gasteiger partial charge on any atom is 0.326 e. The molecule has 0 aliphatic heterocycles. The van der Waals surface area contributed by atoms with Crippen molar-refractivity contribution in [3.05, 3.63) is 11.9 Å². The largest absolute Gasteiger partial charge is 0.480 e. The molecule has 1 atom stereocenters. The summed E-state index contributed by atoms with van der Waals surface area (Å²) < 4.78 is 1.54. The number of aliphatic hydroxyl groups is 1. The fraction of sp³-hybridized carbons (Fsp3) is 0.500. The van der Waals surface area contributed by atoms with Gasteiger partial charge in [-0.25, -0.2) is 9.59 Å². The van der Waals surface area contributed by atoms with E-state index in [4.69, 9.17) is 10.2 Å². The number of rotatable bonds is 5. The molecule has 1 rings (SSSR count). The normalized spacial score (nSPS) is 11.9. The fourth-order valence-electron chi connectivity index (χ4n) is 1.43. The SMILES string of the molecule is Cc1nn(C)cc1NC(=O)N[C@H](CCO)C(=O)O. The fourth-order valence-corrected chi connectivity index (χ4v) is 1.43. The summed E-state index contributed by atoms with van der Waals surface area (Å²) in [6.45, 7) is 1.40. The van der Waals surface area contributed by atoms with Crippen molar-refractivity contribution in [1.29, 1.82) is 0 Å². The summed E-state index contributed by atoms with van der Waals surface area (Å²) in [6.07, 6.45) is 1.56. The molecule has 0 spiro atoms. The summed E-state index contributed by atoms with van der Waals surface area (Å²) in [7, 11) is 1.71. The van der Waals surface area contributed by atoms with Gasteiger partial charge in [-0.15, -0.1) is 0 Å². The Hall–Kier alpha value is -2.09. The molecular weight excluding hydrogens is 240 g/mol. The molecule has 18 heavy (non-hydrogen) atoms. The van der Waals surface area contributed by atoms with Crippen molar-refractivity contribution in [3.63, 3.8) is 0 Å². The van der Waals surface area contributed by atoms with E-state index in [0.29, 0.717) is 11.4 Å². The molecule has 8 heteroatoms. The van der Waals surface area contributed by atoms with E-state index < -0.39 is 18.0 Å². The third kappa shape index (κ3) is 3.74. The first kappa shape index (κ1) is 14.0. The second-order valence-electron chi connectivity index (χ2n) is 3.80. The number of hydrogen-bond acceptors (Lipinski definition) is 4. The lowest BCUT2D eigenvalue weighted by atomic mass is 10.2. The van der Waals surface area contributed by atoms with Crippen LogP contribution in [0.3, 0.4) is 0 Å². The number of hydrogen-bond donors (Lipinski definition) is 4. The quantitative estimate of drug-likeness (QED) is 0.576. The average molecular weight is 256 g/mol. The highest BCUT2D eigenvalue weighted by Crippen LogP contribution is 2.10. The van der Waals surface area contributed by atoms with Crippen LogP contribution in [0.15, 0.2) is 6.20 Å². The van der Waals surface area contributed by atoms with Crippen molar-refractivity contribution in [2.45, 2.75) is 19.4 Å². The van der Waals surface area contributed by atoms with E-state index in [2.05, 4.69) is 15.7 Å². The molecule has 0 bridgehead atoms. The highest BCUT2D eigenvalue weighted by molar-refractivity contribution is 5.92. The molecule has 8 nitrogen and oxygen atoms in total. The predicted octanol–water partition coefficient (Wildman–Crippen LogP) is -0.314. The summed E-state index contributed by atoms with van der Waals surface area (Å²) in [4.78, 5) is 22.3. The summed E-state index contributed by atoms with van der Waals surface area (Å²) in [5, 5.41) is 26.3. The third-order valence-corrected chi connectivity index (χ3v) is 2.28. The first-order valence-corrected chi connectivity index (χ1v) is 5.35. The Morgan fingerprint density at radius 1 is 1.56 bits per heavy atom. The predicted molar refractivity (Wildman–Crippen MR) is 63.2 cm³/mol. The number of aliphatic carboxylic acids is 1. The number of urea groups is 1. The van der Waals surface area contributed by atoms with Gasteiger partial charge in [-0.3, -0.25) is 4.68 Å². The van der Waals surface area contributed by atoms with Crippen LogP contribution in [0.1, 0.15) is 12.1 Å². The molecule has 4 N–H and O–H groups in total. The molecule has 1 aromatic rings. The molecule has 0 aliphatic rings. The summed E-state index contributed by atoms with van der Waals surface area (Å²) in [5.74, 6) is -1.19. The molecular formula is C10H16N4O4. The Bertz CT molecular complexity index is 443. The maximum absolute atomic E-state index is 11.6. The van der Waals surface area contributed by atoms with Crippen LogP contribution in [0.4, 0.5) is 10.5 Å². The van der Waals surface area contributed by atoms with Gasteiger partial charge in [0, 0.05) is 26.3 Å². The molecule has 2 amide bonds. The van der Waals surface area contributed by atoms with Gasteiger partial charge >= 0.3 is 12.0 Å². The van der Waals surface area contributed by atoms with Crippen LogP contribution in [0.25, 0.3) is 0 Å². The molecule has 100 valence electrons. The maximum atomic E-state index is 11.6. The van der Waals surface area contributed by atoms with Gasteiger partial charge < -0.3 is 20.8 Å². The number of carbonyl (C=O) groups excluding carboxylic acids is 1. The number of amides is 2. The van der Waals surface area contributed by atoms with Gasteiger partial charge in [0.25, 0.3) is 0 Å². The molecule has 0 unspecified atom stereocenters. The minimum atomic E-state index is -1.19. The number of nitrogens with one attached hydrogen (secondary N) is 2. The van der Waals surface area contributed by atoms with Gasteiger partial charge in [-0.2, -0.15) is 5.10 Å². The highest BCUT2D eigenvalue weighted by Gasteiger charge is 2.19. The topological polar surface area (TPSA) is 116 Å². The van der Waals surface area contributed by atoms with Gasteiger partial charge in [-0.1, -0.05) is 0 Å². The zero-order valence-corrected chi connectivity index (χ0v) is 10.2. The van der Waals surface area contributed by atoms with Crippen molar-refractivity contribution in [2.75, 3.05) is 11.9 Å². The van der Waals surface area contributed by atoms with Crippen LogP contribution >= 0.6 is 0 Å². The van der Waals surface area contributed by atoms with E-state index in [1.165, 1.54) is 4.68 Å². The van der Waals surface area contributed by atoms with E-state index >= 15 is 0 Å². The first-order valence-electron chi connectivity index (χ1n) is 5.35. The molecule has 1 heterocycles.